The zero-order valence-electron chi connectivity index (χ0n) is 14.1. The van der Waals surface area contributed by atoms with Gasteiger partial charge in [-0.15, -0.1) is 0 Å². The summed E-state index contributed by atoms with van der Waals surface area (Å²) < 4.78 is 0. The van der Waals surface area contributed by atoms with Crippen molar-refractivity contribution in [3.05, 3.63) is 0 Å². The standard InChI is InChI=1S/C16H30N2O3/c1-6-7-16(14(19)20)8-9-17(11-16)15(21)18(13(4)5)10-12(2)3/h12-13H,6-11H2,1-5H3,(H,19,20). The van der Waals surface area contributed by atoms with E-state index in [1.165, 1.54) is 0 Å². The second kappa shape index (κ2) is 7.14. The number of likely N-dealkylation sites (tertiary alicyclic amines) is 1. The van der Waals surface area contributed by atoms with E-state index in [-0.39, 0.29) is 12.1 Å². The van der Waals surface area contributed by atoms with Gasteiger partial charge in [0.1, 0.15) is 0 Å². The van der Waals surface area contributed by atoms with Gasteiger partial charge in [0, 0.05) is 25.7 Å². The van der Waals surface area contributed by atoms with Crippen LogP contribution in [0.5, 0.6) is 0 Å². The second-order valence-electron chi connectivity index (χ2n) is 6.93. The molecule has 1 atom stereocenters. The van der Waals surface area contributed by atoms with Gasteiger partial charge in [-0.1, -0.05) is 27.2 Å². The van der Waals surface area contributed by atoms with E-state index in [1.807, 2.05) is 25.7 Å². The molecule has 1 rings (SSSR count). The van der Waals surface area contributed by atoms with E-state index in [9.17, 15) is 14.7 Å². The highest BCUT2D eigenvalue weighted by Gasteiger charge is 2.46. The van der Waals surface area contributed by atoms with Crippen LogP contribution in [0, 0.1) is 11.3 Å². The summed E-state index contributed by atoms with van der Waals surface area (Å²) in [6, 6.07) is 0.115. The molecule has 1 saturated heterocycles. The van der Waals surface area contributed by atoms with Gasteiger partial charge in [-0.3, -0.25) is 4.79 Å². The quantitative estimate of drug-likeness (QED) is 0.820. The smallest absolute Gasteiger partial charge is 0.320 e. The van der Waals surface area contributed by atoms with E-state index in [4.69, 9.17) is 0 Å². The fourth-order valence-electron chi connectivity index (χ4n) is 3.08. The lowest BCUT2D eigenvalue weighted by Gasteiger charge is -2.33. The molecule has 21 heavy (non-hydrogen) atoms. The molecule has 0 aromatic heterocycles. The van der Waals surface area contributed by atoms with Crippen molar-refractivity contribution >= 4 is 12.0 Å². The number of carboxylic acid groups (broad SMARTS) is 1. The fourth-order valence-corrected chi connectivity index (χ4v) is 3.08. The Bertz CT molecular complexity index is 382. The average molecular weight is 298 g/mol. The molecule has 0 aromatic rings. The predicted octanol–water partition coefficient (Wildman–Crippen LogP) is 3.05. The Kier molecular flexibility index (Phi) is 6.05. The first-order valence-electron chi connectivity index (χ1n) is 8.02. The molecular weight excluding hydrogens is 268 g/mol. The van der Waals surface area contributed by atoms with Crippen molar-refractivity contribution in [3.63, 3.8) is 0 Å². The summed E-state index contributed by atoms with van der Waals surface area (Å²) in [6.07, 6.45) is 2.03. The Balaban J connectivity index is 2.82. The predicted molar refractivity (Wildman–Crippen MR) is 83.2 cm³/mol. The van der Waals surface area contributed by atoms with E-state index in [0.29, 0.717) is 38.4 Å². The van der Waals surface area contributed by atoms with E-state index >= 15 is 0 Å². The van der Waals surface area contributed by atoms with Crippen molar-refractivity contribution < 1.29 is 14.7 Å². The van der Waals surface area contributed by atoms with Crippen LogP contribution in [0.15, 0.2) is 0 Å². The van der Waals surface area contributed by atoms with Crippen molar-refractivity contribution in [3.8, 4) is 0 Å². The SMILES string of the molecule is CCCC1(C(=O)O)CCN(C(=O)N(CC(C)C)C(C)C)C1. The van der Waals surface area contributed by atoms with Gasteiger partial charge < -0.3 is 14.9 Å². The molecule has 1 fully saturated rings. The molecule has 1 aliphatic rings. The Morgan fingerprint density at radius 3 is 2.33 bits per heavy atom. The summed E-state index contributed by atoms with van der Waals surface area (Å²) in [6.45, 7) is 11.8. The van der Waals surface area contributed by atoms with Crippen molar-refractivity contribution in [1.82, 2.24) is 9.80 Å². The van der Waals surface area contributed by atoms with E-state index in [0.717, 1.165) is 6.42 Å². The van der Waals surface area contributed by atoms with Crippen molar-refractivity contribution in [2.24, 2.45) is 11.3 Å². The summed E-state index contributed by atoms with van der Waals surface area (Å²) in [5, 5.41) is 9.54. The fraction of sp³-hybridized carbons (Fsp3) is 0.875. The largest absolute Gasteiger partial charge is 0.481 e. The number of urea groups is 1. The monoisotopic (exact) mass is 298 g/mol. The van der Waals surface area contributed by atoms with Crippen LogP contribution in [-0.2, 0) is 4.79 Å². The van der Waals surface area contributed by atoms with Crippen LogP contribution < -0.4 is 0 Å². The number of amides is 2. The second-order valence-corrected chi connectivity index (χ2v) is 6.93. The number of hydrogen-bond acceptors (Lipinski definition) is 2. The third-order valence-electron chi connectivity index (χ3n) is 4.24. The van der Waals surface area contributed by atoms with E-state index in [2.05, 4.69) is 13.8 Å². The lowest BCUT2D eigenvalue weighted by atomic mass is 9.83. The number of carboxylic acids is 1. The highest BCUT2D eigenvalue weighted by Crippen LogP contribution is 2.36. The topological polar surface area (TPSA) is 60.9 Å². The number of nitrogens with zero attached hydrogens (tertiary/aromatic N) is 2. The molecule has 5 nitrogen and oxygen atoms in total. The van der Waals surface area contributed by atoms with Crippen LogP contribution in [0.25, 0.3) is 0 Å². The van der Waals surface area contributed by atoms with Gasteiger partial charge in [-0.2, -0.15) is 0 Å². The number of carbonyl (C=O) groups is 2. The number of hydrogen-bond donors (Lipinski definition) is 1. The molecule has 0 bridgehead atoms. The average Bonchev–Trinajstić information content (AvgIpc) is 2.81. The van der Waals surface area contributed by atoms with Crippen LogP contribution in [0.3, 0.4) is 0 Å². The van der Waals surface area contributed by atoms with Crippen LogP contribution >= 0.6 is 0 Å². The highest BCUT2D eigenvalue weighted by molar-refractivity contribution is 5.80. The van der Waals surface area contributed by atoms with Gasteiger partial charge in [0.15, 0.2) is 0 Å². The van der Waals surface area contributed by atoms with Gasteiger partial charge in [0.25, 0.3) is 0 Å². The van der Waals surface area contributed by atoms with Crippen LogP contribution in [0.4, 0.5) is 4.79 Å². The summed E-state index contributed by atoms with van der Waals surface area (Å²) in [4.78, 5) is 27.9. The zero-order valence-corrected chi connectivity index (χ0v) is 14.1. The lowest BCUT2D eigenvalue weighted by Crippen LogP contribution is -2.48. The first kappa shape index (κ1) is 17.8. The Labute approximate surface area is 128 Å². The van der Waals surface area contributed by atoms with Gasteiger partial charge in [0.2, 0.25) is 0 Å². The summed E-state index contributed by atoms with van der Waals surface area (Å²) >= 11 is 0. The van der Waals surface area contributed by atoms with Crippen molar-refractivity contribution in [2.75, 3.05) is 19.6 Å². The molecule has 1 N–H and O–H groups in total. The third-order valence-corrected chi connectivity index (χ3v) is 4.24. The first-order chi connectivity index (χ1) is 9.73. The molecule has 1 heterocycles. The van der Waals surface area contributed by atoms with Crippen LogP contribution in [-0.4, -0.2) is 52.6 Å². The zero-order chi connectivity index (χ0) is 16.2. The third kappa shape index (κ3) is 4.11. The molecule has 0 saturated carbocycles. The molecule has 1 unspecified atom stereocenters. The van der Waals surface area contributed by atoms with E-state index < -0.39 is 11.4 Å². The van der Waals surface area contributed by atoms with E-state index in [1.54, 1.807) is 4.90 Å². The molecular formula is C16H30N2O3. The molecule has 0 spiro atoms. The molecule has 0 aliphatic carbocycles. The molecule has 0 radical (unpaired) electrons. The van der Waals surface area contributed by atoms with Crippen LogP contribution in [0.1, 0.15) is 53.9 Å². The van der Waals surface area contributed by atoms with Gasteiger partial charge >= 0.3 is 12.0 Å². The van der Waals surface area contributed by atoms with Gasteiger partial charge in [-0.25, -0.2) is 4.79 Å². The van der Waals surface area contributed by atoms with Gasteiger partial charge in [-0.05, 0) is 32.6 Å². The van der Waals surface area contributed by atoms with Crippen LogP contribution in [0.2, 0.25) is 0 Å². The maximum atomic E-state index is 12.7. The summed E-state index contributed by atoms with van der Waals surface area (Å²) in [7, 11) is 0. The van der Waals surface area contributed by atoms with Crippen molar-refractivity contribution in [2.45, 2.75) is 59.9 Å². The lowest BCUT2D eigenvalue weighted by molar-refractivity contribution is -0.148. The molecule has 1 aliphatic heterocycles. The number of aliphatic carboxylic acids is 1. The minimum Gasteiger partial charge on any atom is -0.481 e. The molecule has 122 valence electrons. The number of carbonyl (C=O) groups excluding carboxylic acids is 1. The Morgan fingerprint density at radius 1 is 1.29 bits per heavy atom. The molecule has 2 amide bonds. The Morgan fingerprint density at radius 2 is 1.90 bits per heavy atom. The maximum Gasteiger partial charge on any atom is 0.320 e. The van der Waals surface area contributed by atoms with Crippen molar-refractivity contribution in [1.29, 1.82) is 0 Å². The summed E-state index contributed by atoms with van der Waals surface area (Å²) in [5.74, 6) is -0.363. The molecule has 0 aromatic carbocycles. The molecule has 5 heteroatoms. The first-order valence-corrected chi connectivity index (χ1v) is 8.02. The highest BCUT2D eigenvalue weighted by atomic mass is 16.4. The number of rotatable bonds is 6. The minimum atomic E-state index is -0.764. The minimum absolute atomic E-state index is 0.0158. The normalized spacial score (nSPS) is 22.1. The Hall–Kier alpha value is -1.26. The summed E-state index contributed by atoms with van der Waals surface area (Å²) in [5.41, 5.74) is -0.745. The van der Waals surface area contributed by atoms with Gasteiger partial charge in [0.05, 0.1) is 5.41 Å². The maximum absolute atomic E-state index is 12.7.